The molecule has 0 spiro atoms. The highest BCUT2D eigenvalue weighted by atomic mass is 31.2. The first-order valence-corrected chi connectivity index (χ1v) is 42.2. The van der Waals surface area contributed by atoms with Gasteiger partial charge in [-0.25, -0.2) is 9.13 Å². The lowest BCUT2D eigenvalue weighted by Gasteiger charge is -2.21. The number of hydrogen-bond donors (Lipinski definition) is 3. The normalized spacial score (nSPS) is 14.3. The highest BCUT2D eigenvalue weighted by molar-refractivity contribution is 7.47. The number of unbranched alkanes of at least 4 members (excludes halogenated alkanes) is 46. The zero-order valence-electron chi connectivity index (χ0n) is 61.1. The quantitative estimate of drug-likeness (QED) is 0.0222. The highest BCUT2D eigenvalue weighted by Gasteiger charge is 2.30. The lowest BCUT2D eigenvalue weighted by molar-refractivity contribution is -0.161. The van der Waals surface area contributed by atoms with Gasteiger partial charge in [-0.05, 0) is 31.6 Å². The van der Waals surface area contributed by atoms with Crippen LogP contribution in [0.4, 0.5) is 0 Å². The molecule has 3 N–H and O–H groups in total. The van der Waals surface area contributed by atoms with E-state index in [2.05, 4.69) is 34.6 Å². The number of carbonyl (C=O) groups excluding carboxylic acids is 4. The largest absolute Gasteiger partial charge is 0.472 e. The van der Waals surface area contributed by atoms with E-state index in [1.807, 2.05) is 0 Å². The van der Waals surface area contributed by atoms with Crippen LogP contribution in [0.2, 0.25) is 0 Å². The van der Waals surface area contributed by atoms with Gasteiger partial charge < -0.3 is 33.8 Å². The van der Waals surface area contributed by atoms with Crippen molar-refractivity contribution in [1.29, 1.82) is 0 Å². The van der Waals surface area contributed by atoms with Crippen LogP contribution in [-0.4, -0.2) is 96.7 Å². The van der Waals surface area contributed by atoms with Crippen molar-refractivity contribution in [3.8, 4) is 0 Å². The minimum atomic E-state index is -4.95. The van der Waals surface area contributed by atoms with Gasteiger partial charge in [0.1, 0.15) is 19.3 Å². The second-order valence-corrected chi connectivity index (χ2v) is 30.2. The summed E-state index contributed by atoms with van der Waals surface area (Å²) in [4.78, 5) is 72.7. The van der Waals surface area contributed by atoms with Gasteiger partial charge in [0, 0.05) is 25.7 Å². The summed E-state index contributed by atoms with van der Waals surface area (Å²) < 4.78 is 68.4. The van der Waals surface area contributed by atoms with Crippen molar-refractivity contribution < 1.29 is 80.2 Å². The molecule has 558 valence electrons. The molecule has 94 heavy (non-hydrogen) atoms. The van der Waals surface area contributed by atoms with Crippen molar-refractivity contribution in [2.45, 2.75) is 412 Å². The van der Waals surface area contributed by atoms with Crippen LogP contribution in [0.25, 0.3) is 0 Å². The molecule has 6 atom stereocenters. The van der Waals surface area contributed by atoms with Crippen LogP contribution in [0, 0.1) is 5.92 Å². The van der Waals surface area contributed by atoms with Crippen molar-refractivity contribution in [3.63, 3.8) is 0 Å². The summed E-state index contributed by atoms with van der Waals surface area (Å²) in [5.74, 6) is -1.31. The molecule has 0 aliphatic carbocycles. The average molecular weight is 1380 g/mol. The van der Waals surface area contributed by atoms with E-state index in [-0.39, 0.29) is 25.7 Å². The summed E-state index contributed by atoms with van der Waals surface area (Å²) >= 11 is 0. The molecular formula is C75H146O17P2. The van der Waals surface area contributed by atoms with Gasteiger partial charge >= 0.3 is 39.5 Å². The lowest BCUT2D eigenvalue weighted by atomic mass is 9.99. The Bertz CT molecular complexity index is 1810. The molecule has 0 fully saturated rings. The minimum absolute atomic E-state index is 0.106. The SMILES string of the molecule is CCCCCCCCCCCCCCCCCCCC(=O)O[C@H](COC(=O)CCCCCCCCCCCCCCCCCC)COP(=O)(O)OC[C@@H](O)COP(=O)(O)OC[C@@H](COC(=O)CCCCCCCCC)OC(=O)CCCCCCCCCCCCC(C)CC. The van der Waals surface area contributed by atoms with Gasteiger partial charge in [0.2, 0.25) is 0 Å². The van der Waals surface area contributed by atoms with Gasteiger partial charge in [-0.15, -0.1) is 0 Å². The minimum Gasteiger partial charge on any atom is -0.462 e. The number of ether oxygens (including phenoxy) is 4. The summed E-state index contributed by atoms with van der Waals surface area (Å²) in [7, 11) is -9.90. The van der Waals surface area contributed by atoms with Crippen molar-refractivity contribution >= 4 is 39.5 Å². The van der Waals surface area contributed by atoms with Crippen LogP contribution >= 0.6 is 15.6 Å². The zero-order valence-corrected chi connectivity index (χ0v) is 62.9. The Morgan fingerprint density at radius 3 is 0.755 bits per heavy atom. The van der Waals surface area contributed by atoms with Gasteiger partial charge in [0.25, 0.3) is 0 Å². The summed E-state index contributed by atoms with van der Waals surface area (Å²) in [6, 6.07) is 0. The molecule has 0 aromatic rings. The average Bonchev–Trinajstić information content (AvgIpc) is 1.63. The summed E-state index contributed by atoms with van der Waals surface area (Å²) in [6.45, 7) is 7.28. The van der Waals surface area contributed by atoms with E-state index in [1.165, 1.54) is 205 Å². The van der Waals surface area contributed by atoms with Crippen molar-refractivity contribution in [2.75, 3.05) is 39.6 Å². The molecule has 0 saturated carbocycles. The summed E-state index contributed by atoms with van der Waals surface area (Å²) in [5, 5.41) is 10.6. The lowest BCUT2D eigenvalue weighted by Crippen LogP contribution is -2.30. The van der Waals surface area contributed by atoms with Crippen molar-refractivity contribution in [2.24, 2.45) is 5.92 Å². The maximum Gasteiger partial charge on any atom is 0.472 e. The molecular weight excluding hydrogens is 1230 g/mol. The Balaban J connectivity index is 5.20. The maximum atomic E-state index is 13.1. The molecule has 0 radical (unpaired) electrons. The van der Waals surface area contributed by atoms with E-state index >= 15 is 0 Å². The topological polar surface area (TPSA) is 237 Å². The van der Waals surface area contributed by atoms with Gasteiger partial charge in [0.05, 0.1) is 26.4 Å². The van der Waals surface area contributed by atoms with E-state index < -0.39 is 97.5 Å². The third kappa shape index (κ3) is 67.3. The smallest absolute Gasteiger partial charge is 0.462 e. The predicted molar refractivity (Wildman–Crippen MR) is 382 cm³/mol. The van der Waals surface area contributed by atoms with Crippen molar-refractivity contribution in [3.05, 3.63) is 0 Å². The Hall–Kier alpha value is -1.94. The number of esters is 4. The molecule has 0 bridgehead atoms. The van der Waals surface area contributed by atoms with Crippen LogP contribution in [0.1, 0.15) is 394 Å². The van der Waals surface area contributed by atoms with Crippen molar-refractivity contribution in [1.82, 2.24) is 0 Å². The van der Waals surface area contributed by atoms with Gasteiger partial charge in [-0.3, -0.25) is 37.3 Å². The van der Waals surface area contributed by atoms with Crippen LogP contribution in [-0.2, 0) is 65.4 Å². The molecule has 3 unspecified atom stereocenters. The first-order chi connectivity index (χ1) is 45.6. The Labute approximate surface area is 575 Å². The Kier molecular flexibility index (Phi) is 66.8. The number of phosphoric acid groups is 2. The molecule has 0 aromatic heterocycles. The third-order valence-electron chi connectivity index (χ3n) is 17.9. The monoisotopic (exact) mass is 1380 g/mol. The Morgan fingerprint density at radius 2 is 0.511 bits per heavy atom. The molecule has 0 heterocycles. The van der Waals surface area contributed by atoms with E-state index in [9.17, 15) is 43.2 Å². The highest BCUT2D eigenvalue weighted by Crippen LogP contribution is 2.45. The number of rotatable bonds is 75. The van der Waals surface area contributed by atoms with Crippen LogP contribution in [0.3, 0.4) is 0 Å². The first-order valence-electron chi connectivity index (χ1n) is 39.2. The molecule has 0 rings (SSSR count). The molecule has 19 heteroatoms. The number of hydrogen-bond acceptors (Lipinski definition) is 15. The van der Waals surface area contributed by atoms with Gasteiger partial charge in [-0.2, -0.15) is 0 Å². The second-order valence-electron chi connectivity index (χ2n) is 27.3. The number of phosphoric ester groups is 2. The molecule has 17 nitrogen and oxygen atoms in total. The van der Waals surface area contributed by atoms with Gasteiger partial charge in [-0.1, -0.05) is 343 Å². The molecule has 0 aliphatic heterocycles. The second kappa shape index (κ2) is 68.2. The zero-order chi connectivity index (χ0) is 69.1. The Morgan fingerprint density at radius 1 is 0.298 bits per heavy atom. The molecule has 0 amide bonds. The standard InChI is InChI=1S/C75H146O17P2/c1-6-10-13-16-19-21-23-25-27-29-31-33-35-40-45-50-55-60-74(79)92-71(65-86-73(78)59-54-49-44-39-34-32-30-28-26-24-22-20-17-14-11-7-2)67-90-94(83,84)88-63-69(76)62-87-93(81,82)89-66-70(64-85-72(77)58-53-48-42-18-15-12-8-3)91-75(80)61-56-51-46-41-37-36-38-43-47-52-57-68(5)9-4/h68-71,76H,6-67H2,1-5H3,(H,81,82)(H,83,84)/t68?,69-,70+,71+/m0/s1. The first kappa shape index (κ1) is 92.1. The number of aliphatic hydroxyl groups is 1. The summed E-state index contributed by atoms with van der Waals surface area (Å²) in [6.07, 6.45) is 56.9. The van der Waals surface area contributed by atoms with Crippen LogP contribution in [0.15, 0.2) is 0 Å². The molecule has 0 aromatic carbocycles. The van der Waals surface area contributed by atoms with Crippen LogP contribution in [0.5, 0.6) is 0 Å². The van der Waals surface area contributed by atoms with Gasteiger partial charge in [0.15, 0.2) is 12.2 Å². The fraction of sp³-hybridized carbons (Fsp3) is 0.947. The number of aliphatic hydroxyl groups excluding tert-OH is 1. The molecule has 0 saturated heterocycles. The van der Waals surface area contributed by atoms with E-state index in [0.29, 0.717) is 25.7 Å². The van der Waals surface area contributed by atoms with E-state index in [1.54, 1.807) is 0 Å². The third-order valence-corrected chi connectivity index (χ3v) is 19.8. The van der Waals surface area contributed by atoms with E-state index in [0.717, 1.165) is 109 Å². The number of carbonyl (C=O) groups is 4. The molecule has 0 aliphatic rings. The van der Waals surface area contributed by atoms with E-state index in [4.69, 9.17) is 37.0 Å². The fourth-order valence-corrected chi connectivity index (χ4v) is 13.1. The predicted octanol–water partition coefficient (Wildman–Crippen LogP) is 22.1. The maximum absolute atomic E-state index is 13.1. The summed E-state index contributed by atoms with van der Waals surface area (Å²) in [5.41, 5.74) is 0. The fourth-order valence-electron chi connectivity index (χ4n) is 11.5. The van der Waals surface area contributed by atoms with Crippen LogP contribution < -0.4 is 0 Å².